The lowest BCUT2D eigenvalue weighted by molar-refractivity contribution is -0.158. The summed E-state index contributed by atoms with van der Waals surface area (Å²) in [5.74, 6) is -1.28. The van der Waals surface area contributed by atoms with Gasteiger partial charge in [0.25, 0.3) is 0 Å². The Bertz CT molecular complexity index is 1540. The Morgan fingerprint density at radius 2 is 1.65 bits per heavy atom. The third-order valence-electron chi connectivity index (χ3n) is 7.71. The first-order valence-corrected chi connectivity index (χ1v) is 17.7. The highest BCUT2D eigenvalue weighted by molar-refractivity contribution is 8.02. The van der Waals surface area contributed by atoms with Crippen molar-refractivity contribution in [2.45, 2.75) is 74.8 Å². The van der Waals surface area contributed by atoms with E-state index >= 15 is 0 Å². The van der Waals surface area contributed by atoms with E-state index in [0.717, 1.165) is 9.87 Å². The normalized spacial score (nSPS) is 19.4. The van der Waals surface area contributed by atoms with Gasteiger partial charge in [0.2, 0.25) is 21.8 Å². The van der Waals surface area contributed by atoms with Gasteiger partial charge in [0, 0.05) is 49.7 Å². The second-order valence-corrected chi connectivity index (χ2v) is 16.6. The molecule has 3 amide bonds. The number of thioether (sulfide) groups is 1. The van der Waals surface area contributed by atoms with Gasteiger partial charge in [0.15, 0.2) is 0 Å². The highest BCUT2D eigenvalue weighted by Gasteiger charge is 2.51. The predicted octanol–water partition coefficient (Wildman–Crippen LogP) is 3.04. The van der Waals surface area contributed by atoms with Crippen molar-refractivity contribution in [2.24, 2.45) is 0 Å². The summed E-state index contributed by atoms with van der Waals surface area (Å²) in [7, 11) is -4.06. The number of piperazine rings is 1. The number of halogens is 1. The summed E-state index contributed by atoms with van der Waals surface area (Å²) in [4.78, 5) is 58.5. The molecule has 12 nitrogen and oxygen atoms in total. The van der Waals surface area contributed by atoms with Crippen molar-refractivity contribution >= 4 is 56.5 Å². The summed E-state index contributed by atoms with van der Waals surface area (Å²) in [5.41, 5.74) is 0.648. The van der Waals surface area contributed by atoms with Crippen LogP contribution in [0.5, 0.6) is 0 Å². The van der Waals surface area contributed by atoms with Crippen molar-refractivity contribution in [3.63, 3.8) is 0 Å². The molecule has 0 radical (unpaired) electrons. The Labute approximate surface area is 279 Å². The van der Waals surface area contributed by atoms with Crippen molar-refractivity contribution in [2.75, 3.05) is 32.1 Å². The molecule has 46 heavy (non-hydrogen) atoms. The SMILES string of the molecule is CC(C)(C)OC(=O)[C@H](Cc1ccc(CC(=O)N2CCN(C(=O)Cl)CC2)cc1)NC(=O)[C@H]1N(S(=O)(=O)c2cccnc2)CSC1(C)C. The molecular weight excluding hydrogens is 654 g/mol. The molecule has 2 fully saturated rings. The molecule has 2 aliphatic heterocycles. The number of esters is 1. The van der Waals surface area contributed by atoms with E-state index in [1.54, 1.807) is 63.8 Å². The maximum atomic E-state index is 13.9. The fourth-order valence-corrected chi connectivity index (χ4v) is 8.59. The number of carbonyl (C=O) groups excluding carboxylic acids is 4. The Hall–Kier alpha value is -3.20. The quantitative estimate of drug-likeness (QED) is 0.238. The van der Waals surface area contributed by atoms with E-state index in [1.807, 2.05) is 0 Å². The average molecular weight is 694 g/mol. The number of nitrogens with one attached hydrogen (secondary N) is 1. The van der Waals surface area contributed by atoms with Crippen LogP contribution in [0.3, 0.4) is 0 Å². The van der Waals surface area contributed by atoms with Gasteiger partial charge in [-0.2, -0.15) is 4.31 Å². The number of hydrogen-bond acceptors (Lipinski definition) is 9. The molecule has 0 saturated carbocycles. The first-order chi connectivity index (χ1) is 21.5. The molecule has 2 aromatic rings. The topological polar surface area (TPSA) is 146 Å². The minimum absolute atomic E-state index is 0.0269. The van der Waals surface area contributed by atoms with Crippen LogP contribution >= 0.6 is 23.4 Å². The van der Waals surface area contributed by atoms with Crippen LogP contribution in [0.2, 0.25) is 0 Å². The molecule has 2 atom stereocenters. The van der Waals surface area contributed by atoms with Gasteiger partial charge in [-0.1, -0.05) is 24.3 Å². The zero-order valence-corrected chi connectivity index (χ0v) is 29.0. The number of carbonyl (C=O) groups is 4. The zero-order valence-electron chi connectivity index (χ0n) is 26.6. The van der Waals surface area contributed by atoms with Gasteiger partial charge in [0.05, 0.1) is 12.3 Å². The molecule has 4 rings (SSSR count). The minimum atomic E-state index is -4.06. The van der Waals surface area contributed by atoms with Crippen molar-refractivity contribution in [3.8, 4) is 0 Å². The first-order valence-electron chi connectivity index (χ1n) is 14.9. The number of hydrogen-bond donors (Lipinski definition) is 1. The summed E-state index contributed by atoms with van der Waals surface area (Å²) >= 11 is 6.87. The number of amides is 3. The second kappa shape index (κ2) is 14.3. The minimum Gasteiger partial charge on any atom is -0.458 e. The van der Waals surface area contributed by atoms with Gasteiger partial charge in [-0.05, 0) is 69.5 Å². The van der Waals surface area contributed by atoms with E-state index < -0.39 is 49.7 Å². The average Bonchev–Trinajstić information content (AvgIpc) is 3.33. The molecule has 2 aliphatic rings. The number of pyridine rings is 1. The molecular formula is C31H40ClN5O7S2. The molecule has 1 aromatic carbocycles. The lowest BCUT2D eigenvalue weighted by atomic mass is 10.00. The molecule has 1 N–H and O–H groups in total. The van der Waals surface area contributed by atoms with E-state index in [4.69, 9.17) is 16.3 Å². The highest BCUT2D eigenvalue weighted by atomic mass is 35.5. The van der Waals surface area contributed by atoms with Gasteiger partial charge in [0.1, 0.15) is 22.6 Å². The molecule has 0 aliphatic carbocycles. The molecule has 0 bridgehead atoms. The summed E-state index contributed by atoms with van der Waals surface area (Å²) in [6.07, 6.45) is 2.96. The van der Waals surface area contributed by atoms with Gasteiger partial charge < -0.3 is 19.9 Å². The molecule has 2 saturated heterocycles. The van der Waals surface area contributed by atoms with Crippen molar-refractivity contribution in [1.29, 1.82) is 0 Å². The zero-order chi connectivity index (χ0) is 33.9. The second-order valence-electron chi connectivity index (χ2n) is 12.8. The third kappa shape index (κ3) is 8.78. The maximum Gasteiger partial charge on any atom is 0.329 e. The van der Waals surface area contributed by atoms with Gasteiger partial charge in [-0.25, -0.2) is 13.2 Å². The van der Waals surface area contributed by atoms with E-state index in [0.29, 0.717) is 31.7 Å². The van der Waals surface area contributed by atoms with Crippen molar-refractivity contribution < 1.29 is 32.3 Å². The van der Waals surface area contributed by atoms with Crippen LogP contribution in [0.4, 0.5) is 4.79 Å². The Morgan fingerprint density at radius 1 is 1.04 bits per heavy atom. The van der Waals surface area contributed by atoms with Crippen LogP contribution in [0.25, 0.3) is 0 Å². The number of nitrogens with zero attached hydrogens (tertiary/aromatic N) is 4. The molecule has 3 heterocycles. The summed E-state index contributed by atoms with van der Waals surface area (Å²) in [6, 6.07) is 7.88. The van der Waals surface area contributed by atoms with E-state index in [-0.39, 0.29) is 29.5 Å². The number of sulfonamides is 1. The van der Waals surface area contributed by atoms with Crippen LogP contribution in [-0.2, 0) is 42.0 Å². The Balaban J connectivity index is 1.49. The summed E-state index contributed by atoms with van der Waals surface area (Å²) in [6.45, 7) is 10.3. The molecule has 0 unspecified atom stereocenters. The van der Waals surface area contributed by atoms with Crippen LogP contribution in [-0.4, -0.2) is 105 Å². The standard InChI is InChI=1S/C31H40ClN5O7S2/c1-30(2,3)44-28(40)24(17-21-8-10-22(11-9-21)18-25(38)35-13-15-36(16-14-35)29(32)41)34-27(39)26-31(4,5)45-20-37(26)46(42,43)23-7-6-12-33-19-23/h6-12,19,24,26H,13-18,20H2,1-5H3,(H,34,39)/t24-,26+/m0/s1. The van der Waals surface area contributed by atoms with Gasteiger partial charge in [-0.3, -0.25) is 19.4 Å². The highest BCUT2D eigenvalue weighted by Crippen LogP contribution is 2.42. The predicted molar refractivity (Wildman–Crippen MR) is 175 cm³/mol. The maximum absolute atomic E-state index is 13.9. The van der Waals surface area contributed by atoms with Crippen LogP contribution in [0, 0.1) is 0 Å². The molecule has 1 aromatic heterocycles. The molecule has 15 heteroatoms. The molecule has 0 spiro atoms. The Morgan fingerprint density at radius 3 is 2.22 bits per heavy atom. The van der Waals surface area contributed by atoms with E-state index in [2.05, 4.69) is 10.3 Å². The fourth-order valence-electron chi connectivity index (χ4n) is 5.28. The monoisotopic (exact) mass is 693 g/mol. The molecule has 250 valence electrons. The smallest absolute Gasteiger partial charge is 0.329 e. The van der Waals surface area contributed by atoms with Gasteiger partial charge >= 0.3 is 11.3 Å². The summed E-state index contributed by atoms with van der Waals surface area (Å²) < 4.78 is 33.1. The number of aromatic nitrogens is 1. The summed E-state index contributed by atoms with van der Waals surface area (Å²) in [5, 5.41) is 2.27. The van der Waals surface area contributed by atoms with Crippen molar-refractivity contribution in [1.82, 2.24) is 24.4 Å². The van der Waals surface area contributed by atoms with Crippen LogP contribution in [0.15, 0.2) is 53.7 Å². The largest absolute Gasteiger partial charge is 0.458 e. The Kier molecular flexibility index (Phi) is 11.1. The van der Waals surface area contributed by atoms with Crippen LogP contribution in [0.1, 0.15) is 45.7 Å². The van der Waals surface area contributed by atoms with Crippen molar-refractivity contribution in [3.05, 3.63) is 59.9 Å². The van der Waals surface area contributed by atoms with Crippen LogP contribution < -0.4 is 5.32 Å². The lowest BCUT2D eigenvalue weighted by Crippen LogP contribution is -2.57. The van der Waals surface area contributed by atoms with Gasteiger partial charge in [-0.15, -0.1) is 11.8 Å². The fraction of sp³-hybridized carbons (Fsp3) is 0.516. The van der Waals surface area contributed by atoms with E-state index in [9.17, 15) is 27.6 Å². The number of rotatable bonds is 9. The number of ether oxygens (including phenoxy) is 1. The van der Waals surface area contributed by atoms with E-state index in [1.165, 1.54) is 41.2 Å². The first kappa shape index (κ1) is 35.7. The third-order valence-corrected chi connectivity index (χ3v) is 11.3. The lowest BCUT2D eigenvalue weighted by Gasteiger charge is -2.33. The number of benzene rings is 1.